The summed E-state index contributed by atoms with van der Waals surface area (Å²) in [6.45, 7) is 3.81. The number of non-ortho nitro benzene ring substituents is 1. The van der Waals surface area contributed by atoms with Crippen LogP contribution in [-0.4, -0.2) is 10.8 Å². The van der Waals surface area contributed by atoms with Crippen molar-refractivity contribution in [3.63, 3.8) is 0 Å². The van der Waals surface area contributed by atoms with Gasteiger partial charge in [-0.25, -0.2) is 8.78 Å². The number of nitrogens with two attached hydrogens (primary N) is 1. The Kier molecular flexibility index (Phi) is 6.79. The Morgan fingerprint density at radius 2 is 1.92 bits per heavy atom. The Hall–Kier alpha value is -3.03. The van der Waals surface area contributed by atoms with E-state index in [2.05, 4.69) is 0 Å². The fraction of sp³-hybridized carbons (Fsp3) is 0.188. The van der Waals surface area contributed by atoms with Gasteiger partial charge in [0, 0.05) is 12.1 Å². The minimum Gasteiger partial charge on any atom is -0.486 e. The highest BCUT2D eigenvalue weighted by Gasteiger charge is 2.19. The lowest BCUT2D eigenvalue weighted by Crippen LogP contribution is -2.16. The molecule has 1 amide bonds. The number of rotatable bonds is 5. The highest BCUT2D eigenvalue weighted by molar-refractivity contribution is 5.93. The molecule has 2 N–H and O–H groups in total. The lowest BCUT2D eigenvalue weighted by Gasteiger charge is -2.09. The molecular formula is C16H16F2N2O4. The molecule has 2 aromatic rings. The Labute approximate surface area is 137 Å². The lowest BCUT2D eigenvalue weighted by molar-refractivity contribution is -0.384. The smallest absolute Gasteiger partial charge is 0.269 e. The third-order valence-corrected chi connectivity index (χ3v) is 2.82. The number of carbonyl (C=O) groups is 1. The molecule has 8 heteroatoms. The molecule has 0 bridgehead atoms. The molecule has 6 nitrogen and oxygen atoms in total. The Morgan fingerprint density at radius 1 is 1.25 bits per heavy atom. The van der Waals surface area contributed by atoms with Crippen LogP contribution in [0.5, 0.6) is 5.75 Å². The maximum Gasteiger partial charge on any atom is 0.269 e. The molecule has 2 aromatic carbocycles. The van der Waals surface area contributed by atoms with Crippen molar-refractivity contribution < 1.29 is 23.2 Å². The monoisotopic (exact) mass is 338 g/mol. The molecule has 0 atom stereocenters. The Morgan fingerprint density at radius 3 is 2.50 bits per heavy atom. The maximum atomic E-state index is 13.9. The van der Waals surface area contributed by atoms with Crippen LogP contribution >= 0.6 is 0 Å². The second-order valence-electron chi connectivity index (χ2n) is 4.31. The normalized spacial score (nSPS) is 9.67. The van der Waals surface area contributed by atoms with Crippen LogP contribution < -0.4 is 10.5 Å². The van der Waals surface area contributed by atoms with Crippen LogP contribution in [-0.2, 0) is 6.61 Å². The Bertz CT molecular complexity index is 751. The highest BCUT2D eigenvalue weighted by atomic mass is 19.1. The first-order valence-electron chi connectivity index (χ1n) is 7.04. The van der Waals surface area contributed by atoms with Crippen molar-refractivity contribution in [1.82, 2.24) is 0 Å². The van der Waals surface area contributed by atoms with Gasteiger partial charge in [-0.15, -0.1) is 0 Å². The predicted molar refractivity (Wildman–Crippen MR) is 83.7 cm³/mol. The molecule has 0 heterocycles. The van der Waals surface area contributed by atoms with Gasteiger partial charge in [-0.05, 0) is 17.7 Å². The molecular weight excluding hydrogens is 322 g/mol. The zero-order valence-corrected chi connectivity index (χ0v) is 13.1. The molecule has 0 saturated heterocycles. The molecule has 0 spiro atoms. The number of amides is 1. The first-order valence-corrected chi connectivity index (χ1v) is 7.04. The highest BCUT2D eigenvalue weighted by Crippen LogP contribution is 2.24. The molecule has 128 valence electrons. The zero-order valence-electron chi connectivity index (χ0n) is 13.1. The topological polar surface area (TPSA) is 95.5 Å². The quantitative estimate of drug-likeness (QED) is 0.666. The minimum atomic E-state index is -1.25. The minimum absolute atomic E-state index is 0.140. The molecule has 0 aliphatic rings. The van der Waals surface area contributed by atoms with Gasteiger partial charge in [0.1, 0.15) is 18.0 Å². The summed E-state index contributed by atoms with van der Waals surface area (Å²) in [7, 11) is 0. The molecule has 0 fully saturated rings. The second-order valence-corrected chi connectivity index (χ2v) is 4.31. The van der Waals surface area contributed by atoms with Crippen molar-refractivity contribution in [2.45, 2.75) is 20.5 Å². The van der Waals surface area contributed by atoms with E-state index in [-0.39, 0.29) is 18.0 Å². The van der Waals surface area contributed by atoms with Gasteiger partial charge in [-0.2, -0.15) is 0 Å². The number of primary amides is 1. The number of halogens is 2. The van der Waals surface area contributed by atoms with Crippen molar-refractivity contribution >= 4 is 11.6 Å². The second kappa shape index (κ2) is 8.56. The summed E-state index contributed by atoms with van der Waals surface area (Å²) >= 11 is 0. The molecule has 0 aliphatic heterocycles. The first-order chi connectivity index (χ1) is 11.4. The number of nitro groups is 1. The Balaban J connectivity index is 0.00000139. The number of hydrogen-bond acceptors (Lipinski definition) is 4. The van der Waals surface area contributed by atoms with Crippen LogP contribution in [0, 0.1) is 21.7 Å². The SMILES string of the molecule is CC.NC(=O)c1c(F)ccc(OCc2cccc([N+](=O)[O-])c2)c1F. The summed E-state index contributed by atoms with van der Waals surface area (Å²) in [6, 6.07) is 7.42. The van der Waals surface area contributed by atoms with Crippen molar-refractivity contribution in [3.05, 3.63) is 69.3 Å². The number of nitro benzene ring substituents is 1. The fourth-order valence-electron chi connectivity index (χ4n) is 1.79. The summed E-state index contributed by atoms with van der Waals surface area (Å²) in [4.78, 5) is 21.1. The summed E-state index contributed by atoms with van der Waals surface area (Å²) in [5.41, 5.74) is 4.28. The van der Waals surface area contributed by atoms with Crippen LogP contribution in [0.4, 0.5) is 14.5 Å². The number of hydrogen-bond donors (Lipinski definition) is 1. The zero-order chi connectivity index (χ0) is 18.3. The largest absolute Gasteiger partial charge is 0.486 e. The molecule has 0 aliphatic carbocycles. The lowest BCUT2D eigenvalue weighted by atomic mass is 10.1. The van der Waals surface area contributed by atoms with E-state index in [0.29, 0.717) is 5.56 Å². The van der Waals surface area contributed by atoms with E-state index in [1.54, 1.807) is 6.07 Å². The van der Waals surface area contributed by atoms with Crippen molar-refractivity contribution in [3.8, 4) is 5.75 Å². The summed E-state index contributed by atoms with van der Waals surface area (Å²) < 4.78 is 32.4. The first kappa shape index (κ1) is 19.0. The van der Waals surface area contributed by atoms with Gasteiger partial charge in [-0.1, -0.05) is 26.0 Å². The van der Waals surface area contributed by atoms with E-state index in [9.17, 15) is 23.7 Å². The molecule has 24 heavy (non-hydrogen) atoms. The number of ether oxygens (including phenoxy) is 1. The van der Waals surface area contributed by atoms with Crippen molar-refractivity contribution in [2.24, 2.45) is 5.73 Å². The van der Waals surface area contributed by atoms with Gasteiger partial charge in [0.05, 0.1) is 4.92 Å². The molecule has 0 radical (unpaired) electrons. The van der Waals surface area contributed by atoms with E-state index in [0.717, 1.165) is 12.1 Å². The van der Waals surface area contributed by atoms with Gasteiger partial charge >= 0.3 is 0 Å². The third-order valence-electron chi connectivity index (χ3n) is 2.82. The molecule has 0 aromatic heterocycles. The summed E-state index contributed by atoms with van der Waals surface area (Å²) in [5.74, 6) is -3.93. The van der Waals surface area contributed by atoms with Crippen LogP contribution in [0.3, 0.4) is 0 Å². The number of benzene rings is 2. The molecule has 0 saturated carbocycles. The summed E-state index contributed by atoms with van der Waals surface area (Å²) in [6.07, 6.45) is 0. The van der Waals surface area contributed by atoms with Crippen molar-refractivity contribution in [2.75, 3.05) is 0 Å². The van der Waals surface area contributed by atoms with E-state index in [1.807, 2.05) is 13.8 Å². The van der Waals surface area contributed by atoms with Crippen LogP contribution in [0.1, 0.15) is 29.8 Å². The van der Waals surface area contributed by atoms with Gasteiger partial charge in [0.25, 0.3) is 11.6 Å². The maximum absolute atomic E-state index is 13.9. The van der Waals surface area contributed by atoms with Gasteiger partial charge in [0.15, 0.2) is 11.6 Å². The number of carbonyl (C=O) groups excluding carboxylic acids is 1. The average molecular weight is 338 g/mol. The predicted octanol–water partition coefficient (Wildman–Crippen LogP) is 3.58. The van der Waals surface area contributed by atoms with Crippen LogP contribution in [0.2, 0.25) is 0 Å². The molecule has 2 rings (SSSR count). The van der Waals surface area contributed by atoms with Gasteiger partial charge in [0.2, 0.25) is 0 Å². The summed E-state index contributed by atoms with van der Waals surface area (Å²) in [5, 5.41) is 10.7. The number of nitrogens with zero attached hydrogens (tertiary/aromatic N) is 1. The van der Waals surface area contributed by atoms with E-state index in [4.69, 9.17) is 10.5 Å². The van der Waals surface area contributed by atoms with Crippen LogP contribution in [0.15, 0.2) is 36.4 Å². The van der Waals surface area contributed by atoms with Crippen LogP contribution in [0.25, 0.3) is 0 Å². The van der Waals surface area contributed by atoms with Gasteiger partial charge < -0.3 is 10.5 Å². The average Bonchev–Trinajstić information content (AvgIpc) is 2.56. The third kappa shape index (κ3) is 4.48. The van der Waals surface area contributed by atoms with E-state index < -0.39 is 28.0 Å². The van der Waals surface area contributed by atoms with Crippen molar-refractivity contribution in [1.29, 1.82) is 0 Å². The van der Waals surface area contributed by atoms with E-state index in [1.165, 1.54) is 18.2 Å². The fourth-order valence-corrected chi connectivity index (χ4v) is 1.79. The molecule has 0 unspecified atom stereocenters. The van der Waals surface area contributed by atoms with Gasteiger partial charge in [-0.3, -0.25) is 14.9 Å². The van der Waals surface area contributed by atoms with E-state index >= 15 is 0 Å². The standard InChI is InChI=1S/C14H10F2N2O4.C2H6/c15-10-4-5-11(13(16)12(10)14(17)19)22-7-8-2-1-3-9(6-8)18(20)21;1-2/h1-6H,7H2,(H2,17,19);1-2H3.